The van der Waals surface area contributed by atoms with Crippen molar-refractivity contribution in [1.29, 1.82) is 0 Å². The van der Waals surface area contributed by atoms with E-state index in [0.29, 0.717) is 6.35 Å². The number of hydrogen-bond donors (Lipinski definition) is 0. The van der Waals surface area contributed by atoms with Gasteiger partial charge in [-0.15, -0.1) is 0 Å². The minimum atomic E-state index is -1.78. The summed E-state index contributed by atoms with van der Waals surface area (Å²) in [5.41, 5.74) is 0. The van der Waals surface area contributed by atoms with E-state index in [4.69, 9.17) is 4.74 Å². The van der Waals surface area contributed by atoms with E-state index < -0.39 is 7.26 Å². The SMILES string of the molecule is COC[P+](c1ccccc1)(c1ccccc1)c1ccccc1.[I-]. The Bertz CT molecular complexity index is 605. The van der Waals surface area contributed by atoms with Crippen LogP contribution >= 0.6 is 7.26 Å². The fourth-order valence-corrected chi connectivity index (χ4v) is 6.68. The fraction of sp³-hybridized carbons (Fsp3) is 0.100. The monoisotopic (exact) mass is 434 g/mol. The van der Waals surface area contributed by atoms with Crippen LogP contribution in [0.3, 0.4) is 0 Å². The lowest BCUT2D eigenvalue weighted by atomic mass is 10.4. The largest absolute Gasteiger partial charge is 1.00 e. The van der Waals surface area contributed by atoms with Gasteiger partial charge in [-0.2, -0.15) is 0 Å². The van der Waals surface area contributed by atoms with Crippen molar-refractivity contribution in [2.24, 2.45) is 0 Å². The first kappa shape index (κ1) is 18.1. The van der Waals surface area contributed by atoms with E-state index in [1.165, 1.54) is 15.9 Å². The van der Waals surface area contributed by atoms with Crippen molar-refractivity contribution in [3.05, 3.63) is 91.0 Å². The van der Waals surface area contributed by atoms with Gasteiger partial charge in [-0.25, -0.2) is 0 Å². The highest BCUT2D eigenvalue weighted by atomic mass is 127. The highest BCUT2D eigenvalue weighted by molar-refractivity contribution is 7.95. The van der Waals surface area contributed by atoms with Gasteiger partial charge in [0.25, 0.3) is 0 Å². The van der Waals surface area contributed by atoms with Crippen LogP contribution in [0, 0.1) is 0 Å². The molecule has 0 radical (unpaired) electrons. The Morgan fingerprint density at radius 2 is 0.913 bits per heavy atom. The Hall–Kier alpha value is -1.22. The van der Waals surface area contributed by atoms with Crippen LogP contribution in [0.15, 0.2) is 91.0 Å². The molecule has 0 aliphatic heterocycles. The van der Waals surface area contributed by atoms with Gasteiger partial charge in [0.1, 0.15) is 23.2 Å². The quantitative estimate of drug-likeness (QED) is 0.422. The molecule has 0 aromatic heterocycles. The predicted octanol–water partition coefficient (Wildman–Crippen LogP) is 0.588. The van der Waals surface area contributed by atoms with Crippen molar-refractivity contribution >= 4 is 23.2 Å². The molecule has 0 amide bonds. The van der Waals surface area contributed by atoms with Crippen LogP contribution in [0.2, 0.25) is 0 Å². The molecule has 0 bridgehead atoms. The molecule has 0 atom stereocenters. The van der Waals surface area contributed by atoms with Crippen LogP contribution in [-0.4, -0.2) is 13.5 Å². The lowest BCUT2D eigenvalue weighted by Crippen LogP contribution is -3.00. The summed E-state index contributed by atoms with van der Waals surface area (Å²) in [7, 11) is 0.0197. The summed E-state index contributed by atoms with van der Waals surface area (Å²) < 4.78 is 5.72. The first-order chi connectivity index (χ1) is 10.9. The standard InChI is InChI=1S/C20H20OP.HI/c1-21-17-22(18-11-5-2-6-12-18,19-13-7-3-8-14-19)20-15-9-4-10-16-20;/h2-16H,17H2,1H3;1H/q+1;/p-1. The lowest BCUT2D eigenvalue weighted by molar-refractivity contribution is -0.00000450. The second-order valence-electron chi connectivity index (χ2n) is 5.23. The molecule has 3 rings (SSSR count). The number of hydrogen-bond acceptors (Lipinski definition) is 1. The van der Waals surface area contributed by atoms with E-state index in [2.05, 4.69) is 91.0 Å². The Kier molecular flexibility index (Phi) is 6.76. The van der Waals surface area contributed by atoms with Gasteiger partial charge >= 0.3 is 0 Å². The second kappa shape index (κ2) is 8.58. The molecule has 0 unspecified atom stereocenters. The summed E-state index contributed by atoms with van der Waals surface area (Å²) in [5, 5.41) is 4.07. The van der Waals surface area contributed by atoms with Crippen LogP contribution in [0.4, 0.5) is 0 Å². The average molecular weight is 434 g/mol. The molecule has 0 heterocycles. The molecule has 23 heavy (non-hydrogen) atoms. The molecule has 0 saturated carbocycles. The summed E-state index contributed by atoms with van der Waals surface area (Å²) in [6.45, 7) is 0. The molecule has 3 aromatic carbocycles. The maximum absolute atomic E-state index is 5.72. The highest BCUT2D eigenvalue weighted by Gasteiger charge is 2.45. The van der Waals surface area contributed by atoms with Crippen molar-refractivity contribution in [3.8, 4) is 0 Å². The van der Waals surface area contributed by atoms with Crippen molar-refractivity contribution in [1.82, 2.24) is 0 Å². The Morgan fingerprint density at radius 3 is 1.17 bits per heavy atom. The molecular formula is C20H20IOP. The van der Waals surface area contributed by atoms with E-state index in [9.17, 15) is 0 Å². The number of ether oxygens (including phenoxy) is 1. The number of benzene rings is 3. The molecule has 0 N–H and O–H groups in total. The third-order valence-electron chi connectivity index (χ3n) is 3.91. The first-order valence-corrected chi connectivity index (χ1v) is 9.39. The normalized spacial score (nSPS) is 10.8. The minimum Gasteiger partial charge on any atom is -1.00 e. The third kappa shape index (κ3) is 3.65. The first-order valence-electron chi connectivity index (χ1n) is 7.42. The van der Waals surface area contributed by atoms with Crippen molar-refractivity contribution in [2.75, 3.05) is 13.5 Å². The van der Waals surface area contributed by atoms with Crippen LogP contribution in [0.5, 0.6) is 0 Å². The molecule has 0 fully saturated rings. The summed E-state index contributed by atoms with van der Waals surface area (Å²) in [6.07, 6.45) is 0.713. The maximum Gasteiger partial charge on any atom is 0.170 e. The number of halogens is 1. The van der Waals surface area contributed by atoms with Crippen LogP contribution in [0.25, 0.3) is 0 Å². The molecule has 0 aliphatic carbocycles. The average Bonchev–Trinajstić information content (AvgIpc) is 2.62. The maximum atomic E-state index is 5.72. The zero-order valence-electron chi connectivity index (χ0n) is 13.1. The van der Waals surface area contributed by atoms with Gasteiger partial charge < -0.3 is 28.7 Å². The van der Waals surface area contributed by atoms with E-state index in [1.807, 2.05) is 0 Å². The summed E-state index contributed by atoms with van der Waals surface area (Å²) >= 11 is 0. The molecule has 118 valence electrons. The molecule has 1 nitrogen and oxygen atoms in total. The number of methoxy groups -OCH3 is 1. The molecule has 0 spiro atoms. The molecule has 3 aromatic rings. The highest BCUT2D eigenvalue weighted by Crippen LogP contribution is 2.54. The van der Waals surface area contributed by atoms with Crippen molar-refractivity contribution < 1.29 is 28.7 Å². The van der Waals surface area contributed by atoms with Crippen LogP contribution in [0.1, 0.15) is 0 Å². The van der Waals surface area contributed by atoms with Gasteiger partial charge in [-0.3, -0.25) is 0 Å². The van der Waals surface area contributed by atoms with Crippen molar-refractivity contribution in [2.45, 2.75) is 0 Å². The third-order valence-corrected chi connectivity index (χ3v) is 8.10. The van der Waals surface area contributed by atoms with Crippen LogP contribution in [-0.2, 0) is 4.74 Å². The van der Waals surface area contributed by atoms with Gasteiger partial charge in [0, 0.05) is 7.11 Å². The minimum absolute atomic E-state index is 0. The van der Waals surface area contributed by atoms with E-state index >= 15 is 0 Å². The van der Waals surface area contributed by atoms with Crippen molar-refractivity contribution in [3.63, 3.8) is 0 Å². The predicted molar refractivity (Wildman–Crippen MR) is 97.0 cm³/mol. The van der Waals surface area contributed by atoms with Gasteiger partial charge in [0.15, 0.2) is 6.35 Å². The zero-order valence-corrected chi connectivity index (χ0v) is 16.2. The van der Waals surface area contributed by atoms with E-state index in [0.717, 1.165) is 0 Å². The summed E-state index contributed by atoms with van der Waals surface area (Å²) in [6, 6.07) is 32.3. The number of rotatable bonds is 5. The van der Waals surface area contributed by atoms with Gasteiger partial charge in [-0.05, 0) is 36.4 Å². The Labute approximate surface area is 156 Å². The van der Waals surface area contributed by atoms with Crippen LogP contribution < -0.4 is 39.9 Å². The zero-order chi connectivity index (χ0) is 15.3. The molecule has 0 aliphatic rings. The Morgan fingerprint density at radius 1 is 0.609 bits per heavy atom. The second-order valence-corrected chi connectivity index (χ2v) is 8.66. The summed E-state index contributed by atoms with van der Waals surface area (Å²) in [5.74, 6) is 0. The lowest BCUT2D eigenvalue weighted by Gasteiger charge is -2.26. The smallest absolute Gasteiger partial charge is 0.170 e. The van der Waals surface area contributed by atoms with Gasteiger partial charge in [-0.1, -0.05) is 54.6 Å². The van der Waals surface area contributed by atoms with E-state index in [-0.39, 0.29) is 24.0 Å². The van der Waals surface area contributed by atoms with Gasteiger partial charge in [0.05, 0.1) is 0 Å². The molecule has 0 saturated heterocycles. The molecule has 3 heteroatoms. The fourth-order valence-electron chi connectivity index (χ4n) is 2.91. The van der Waals surface area contributed by atoms with E-state index in [1.54, 1.807) is 7.11 Å². The molecular weight excluding hydrogens is 414 g/mol. The van der Waals surface area contributed by atoms with Gasteiger partial charge in [0.2, 0.25) is 0 Å². The topological polar surface area (TPSA) is 9.23 Å². The Balaban J connectivity index is 0.00000192. The summed E-state index contributed by atoms with van der Waals surface area (Å²) in [4.78, 5) is 0.